The lowest BCUT2D eigenvalue weighted by Gasteiger charge is -2.21. The summed E-state index contributed by atoms with van der Waals surface area (Å²) in [5.74, 6) is 0.368. The molecule has 0 spiro atoms. The fraction of sp³-hybridized carbons (Fsp3) is 0.588. The van der Waals surface area contributed by atoms with Crippen LogP contribution < -0.4 is 5.32 Å². The molecule has 0 saturated heterocycles. The first-order valence-corrected chi connectivity index (χ1v) is 7.73. The summed E-state index contributed by atoms with van der Waals surface area (Å²) < 4.78 is 13.1. The highest BCUT2D eigenvalue weighted by molar-refractivity contribution is 5.78. The van der Waals surface area contributed by atoms with Gasteiger partial charge in [0.25, 0.3) is 0 Å². The monoisotopic (exact) mass is 277 g/mol. The van der Waals surface area contributed by atoms with E-state index in [-0.39, 0.29) is 18.1 Å². The highest BCUT2D eigenvalue weighted by Gasteiger charge is 2.27. The van der Waals surface area contributed by atoms with Crippen LogP contribution in [0.1, 0.15) is 51.0 Å². The van der Waals surface area contributed by atoms with Crippen molar-refractivity contribution in [1.82, 2.24) is 5.32 Å². The topological polar surface area (TPSA) is 29.1 Å². The molecule has 2 nitrogen and oxygen atoms in total. The molecule has 1 aliphatic carbocycles. The van der Waals surface area contributed by atoms with Crippen molar-refractivity contribution >= 4 is 5.91 Å². The SMILES string of the molecule is CCCCC1CCCC1NC(=O)Cc1cccc(F)c1. The molecule has 1 fully saturated rings. The lowest BCUT2D eigenvalue weighted by molar-refractivity contribution is -0.121. The number of hydrogen-bond donors (Lipinski definition) is 1. The van der Waals surface area contributed by atoms with Crippen molar-refractivity contribution in [3.63, 3.8) is 0 Å². The first-order chi connectivity index (χ1) is 9.69. The van der Waals surface area contributed by atoms with Gasteiger partial charge in [-0.1, -0.05) is 38.3 Å². The fourth-order valence-electron chi connectivity index (χ4n) is 3.13. The number of amides is 1. The van der Waals surface area contributed by atoms with Crippen LogP contribution in [-0.4, -0.2) is 11.9 Å². The van der Waals surface area contributed by atoms with E-state index in [9.17, 15) is 9.18 Å². The summed E-state index contributed by atoms with van der Waals surface area (Å²) in [4.78, 5) is 12.1. The minimum absolute atomic E-state index is 0.0176. The van der Waals surface area contributed by atoms with Crippen LogP contribution in [0.4, 0.5) is 4.39 Å². The minimum Gasteiger partial charge on any atom is -0.353 e. The van der Waals surface area contributed by atoms with Crippen LogP contribution >= 0.6 is 0 Å². The van der Waals surface area contributed by atoms with Gasteiger partial charge in [-0.25, -0.2) is 4.39 Å². The van der Waals surface area contributed by atoms with E-state index in [1.165, 1.54) is 44.2 Å². The Hall–Kier alpha value is -1.38. The summed E-state index contributed by atoms with van der Waals surface area (Å²) in [6.07, 6.45) is 7.45. The number of benzene rings is 1. The van der Waals surface area contributed by atoms with Crippen molar-refractivity contribution in [2.24, 2.45) is 5.92 Å². The molecule has 1 aliphatic rings. The average molecular weight is 277 g/mol. The summed E-state index contributed by atoms with van der Waals surface area (Å²) in [7, 11) is 0. The van der Waals surface area contributed by atoms with Gasteiger partial charge in [-0.3, -0.25) is 4.79 Å². The molecule has 1 saturated carbocycles. The normalized spacial score (nSPS) is 21.9. The van der Waals surface area contributed by atoms with E-state index in [1.54, 1.807) is 12.1 Å². The highest BCUT2D eigenvalue weighted by Crippen LogP contribution is 2.29. The molecule has 1 aromatic rings. The Bertz CT molecular complexity index is 446. The standard InChI is InChI=1S/C17H24FNO/c1-2-3-7-14-8-5-10-16(14)19-17(20)12-13-6-4-9-15(18)11-13/h4,6,9,11,14,16H,2-3,5,7-8,10,12H2,1H3,(H,19,20). The molecule has 0 radical (unpaired) electrons. The van der Waals surface area contributed by atoms with Crippen LogP contribution in [0, 0.1) is 11.7 Å². The molecule has 0 aliphatic heterocycles. The molecule has 2 atom stereocenters. The zero-order valence-electron chi connectivity index (χ0n) is 12.2. The van der Waals surface area contributed by atoms with E-state index in [4.69, 9.17) is 0 Å². The van der Waals surface area contributed by atoms with Crippen LogP contribution in [0.15, 0.2) is 24.3 Å². The van der Waals surface area contributed by atoms with Gasteiger partial charge in [-0.2, -0.15) is 0 Å². The number of carbonyl (C=O) groups excluding carboxylic acids is 1. The van der Waals surface area contributed by atoms with Crippen LogP contribution in [0.5, 0.6) is 0 Å². The minimum atomic E-state index is -0.281. The summed E-state index contributed by atoms with van der Waals surface area (Å²) in [6, 6.07) is 6.60. The zero-order chi connectivity index (χ0) is 14.4. The lowest BCUT2D eigenvalue weighted by atomic mass is 9.96. The van der Waals surface area contributed by atoms with Crippen molar-refractivity contribution in [2.75, 3.05) is 0 Å². The van der Waals surface area contributed by atoms with Gasteiger partial charge < -0.3 is 5.32 Å². The van der Waals surface area contributed by atoms with E-state index in [1.807, 2.05) is 0 Å². The van der Waals surface area contributed by atoms with Gasteiger partial charge in [0, 0.05) is 6.04 Å². The third-order valence-electron chi connectivity index (χ3n) is 4.19. The predicted molar refractivity (Wildman–Crippen MR) is 78.9 cm³/mol. The van der Waals surface area contributed by atoms with Gasteiger partial charge >= 0.3 is 0 Å². The summed E-state index contributed by atoms with van der Waals surface area (Å²) >= 11 is 0. The van der Waals surface area contributed by atoms with E-state index in [2.05, 4.69) is 12.2 Å². The van der Waals surface area contributed by atoms with E-state index in [0.29, 0.717) is 12.0 Å². The van der Waals surface area contributed by atoms with E-state index < -0.39 is 0 Å². The molecular weight excluding hydrogens is 253 g/mol. The first-order valence-electron chi connectivity index (χ1n) is 7.73. The van der Waals surface area contributed by atoms with Crippen molar-refractivity contribution in [2.45, 2.75) is 57.9 Å². The molecule has 1 N–H and O–H groups in total. The Kier molecular flexibility index (Phi) is 5.57. The van der Waals surface area contributed by atoms with E-state index >= 15 is 0 Å². The molecule has 0 bridgehead atoms. The second kappa shape index (κ2) is 7.41. The second-order valence-corrected chi connectivity index (χ2v) is 5.81. The molecule has 20 heavy (non-hydrogen) atoms. The van der Waals surface area contributed by atoms with Crippen LogP contribution in [0.2, 0.25) is 0 Å². The van der Waals surface area contributed by atoms with Crippen LogP contribution in [0.25, 0.3) is 0 Å². The van der Waals surface area contributed by atoms with Crippen LogP contribution in [-0.2, 0) is 11.2 Å². The van der Waals surface area contributed by atoms with Crippen LogP contribution in [0.3, 0.4) is 0 Å². The number of carbonyl (C=O) groups is 1. The van der Waals surface area contributed by atoms with Gasteiger partial charge in [0.1, 0.15) is 5.82 Å². The zero-order valence-corrected chi connectivity index (χ0v) is 12.2. The highest BCUT2D eigenvalue weighted by atomic mass is 19.1. The Labute approximate surface area is 120 Å². The Balaban J connectivity index is 1.84. The number of rotatable bonds is 6. The number of hydrogen-bond acceptors (Lipinski definition) is 1. The molecular formula is C17H24FNO. The predicted octanol–water partition coefficient (Wildman–Crippen LogP) is 3.84. The number of halogens is 1. The Morgan fingerprint density at radius 1 is 1.40 bits per heavy atom. The summed E-state index contributed by atoms with van der Waals surface area (Å²) in [6.45, 7) is 2.20. The summed E-state index contributed by atoms with van der Waals surface area (Å²) in [5.41, 5.74) is 0.741. The average Bonchev–Trinajstić information content (AvgIpc) is 2.83. The first kappa shape index (κ1) is 15.0. The van der Waals surface area contributed by atoms with Crippen molar-refractivity contribution in [1.29, 1.82) is 0 Å². The second-order valence-electron chi connectivity index (χ2n) is 5.81. The van der Waals surface area contributed by atoms with Gasteiger partial charge in [0.2, 0.25) is 5.91 Å². The Morgan fingerprint density at radius 2 is 2.25 bits per heavy atom. The fourth-order valence-corrected chi connectivity index (χ4v) is 3.13. The maximum absolute atomic E-state index is 13.1. The molecule has 110 valence electrons. The smallest absolute Gasteiger partial charge is 0.224 e. The molecule has 3 heteroatoms. The number of unbranched alkanes of at least 4 members (excludes halogenated alkanes) is 1. The maximum Gasteiger partial charge on any atom is 0.224 e. The van der Waals surface area contributed by atoms with Gasteiger partial charge in [-0.15, -0.1) is 0 Å². The molecule has 2 unspecified atom stereocenters. The molecule has 1 amide bonds. The van der Waals surface area contributed by atoms with Gasteiger partial charge in [-0.05, 0) is 42.9 Å². The largest absolute Gasteiger partial charge is 0.353 e. The van der Waals surface area contributed by atoms with E-state index in [0.717, 1.165) is 12.0 Å². The van der Waals surface area contributed by atoms with Crippen molar-refractivity contribution in [3.05, 3.63) is 35.6 Å². The van der Waals surface area contributed by atoms with Crippen molar-refractivity contribution in [3.8, 4) is 0 Å². The Morgan fingerprint density at radius 3 is 3.00 bits per heavy atom. The third-order valence-corrected chi connectivity index (χ3v) is 4.19. The lowest BCUT2D eigenvalue weighted by Crippen LogP contribution is -2.38. The van der Waals surface area contributed by atoms with Gasteiger partial charge in [0.05, 0.1) is 6.42 Å². The quantitative estimate of drug-likeness (QED) is 0.841. The molecule has 2 rings (SSSR count). The van der Waals surface area contributed by atoms with Crippen molar-refractivity contribution < 1.29 is 9.18 Å². The molecule has 0 heterocycles. The van der Waals surface area contributed by atoms with Gasteiger partial charge in [0.15, 0.2) is 0 Å². The molecule has 1 aromatic carbocycles. The third kappa shape index (κ3) is 4.32. The summed E-state index contributed by atoms with van der Waals surface area (Å²) in [5, 5.41) is 3.14. The number of nitrogens with one attached hydrogen (secondary N) is 1. The maximum atomic E-state index is 13.1. The molecule has 0 aromatic heterocycles.